The number of amides is 1. The average Bonchev–Trinajstić information content (AvgIpc) is 2.65. The summed E-state index contributed by atoms with van der Waals surface area (Å²) >= 11 is 0. The highest BCUT2D eigenvalue weighted by Gasteiger charge is 2.33. The monoisotopic (exact) mass is 352 g/mol. The number of rotatable bonds is 8. The number of carbonyl (C=O) groups excluding carboxylic acids is 1. The smallest absolute Gasteiger partial charge is 0.255 e. The van der Waals surface area contributed by atoms with Crippen LogP contribution in [0.3, 0.4) is 0 Å². The molecule has 2 rings (SSSR count). The Morgan fingerprint density at radius 3 is 2.32 bits per heavy atom. The number of nitrogens with one attached hydrogen (secondary N) is 2. The summed E-state index contributed by atoms with van der Waals surface area (Å²) in [5.41, 5.74) is 0.376. The van der Waals surface area contributed by atoms with Crippen LogP contribution in [0.1, 0.15) is 23.2 Å². The molecule has 2 N–H and O–H groups in total. The molecule has 1 aliphatic rings. The van der Waals surface area contributed by atoms with Crippen LogP contribution in [-0.4, -0.2) is 60.6 Å². The number of hydrogen-bond donors (Lipinski definition) is 2. The van der Waals surface area contributed by atoms with Crippen LogP contribution in [0.2, 0.25) is 0 Å². The molecule has 7 heteroatoms. The highest BCUT2D eigenvalue weighted by Crippen LogP contribution is 2.39. The van der Waals surface area contributed by atoms with Gasteiger partial charge in [-0.3, -0.25) is 4.79 Å². The Kier molecular flexibility index (Phi) is 6.90. The zero-order chi connectivity index (χ0) is 18.3. The van der Waals surface area contributed by atoms with Crippen molar-refractivity contribution in [3.63, 3.8) is 0 Å². The van der Waals surface area contributed by atoms with E-state index in [4.69, 9.17) is 18.9 Å². The summed E-state index contributed by atoms with van der Waals surface area (Å²) in [5, 5.41) is 6.38. The minimum Gasteiger partial charge on any atom is -0.493 e. The van der Waals surface area contributed by atoms with Crippen LogP contribution < -0.4 is 24.8 Å². The molecule has 0 bridgehead atoms. The van der Waals surface area contributed by atoms with Gasteiger partial charge in [0, 0.05) is 19.1 Å². The number of piperidine rings is 1. The summed E-state index contributed by atoms with van der Waals surface area (Å²) in [6, 6.07) is 3.38. The summed E-state index contributed by atoms with van der Waals surface area (Å²) in [5.74, 6) is 1.09. The first kappa shape index (κ1) is 19.3. The molecule has 0 aromatic heterocycles. The van der Waals surface area contributed by atoms with Gasteiger partial charge >= 0.3 is 0 Å². The summed E-state index contributed by atoms with van der Waals surface area (Å²) in [4.78, 5) is 12.7. The molecule has 1 aliphatic heterocycles. The molecule has 0 saturated carbocycles. The second-order valence-corrected chi connectivity index (χ2v) is 6.25. The molecule has 7 nitrogen and oxygen atoms in total. The minimum absolute atomic E-state index is 0.0422. The molecule has 1 fully saturated rings. The third-order valence-electron chi connectivity index (χ3n) is 4.69. The standard InChI is InChI=1S/C18H28N2O5/c1-22-12-18(7-9-19-10-8-18)11-20-17(21)13-5-6-14(23-2)16(25-4)15(13)24-3/h5-6,19H,7-12H2,1-4H3,(H,20,21). The van der Waals surface area contributed by atoms with E-state index in [2.05, 4.69) is 10.6 Å². The van der Waals surface area contributed by atoms with Crippen molar-refractivity contribution in [2.75, 3.05) is 54.7 Å². The Balaban J connectivity index is 2.17. The molecule has 0 unspecified atom stereocenters. The van der Waals surface area contributed by atoms with Crippen LogP contribution in [0.15, 0.2) is 12.1 Å². The van der Waals surface area contributed by atoms with E-state index in [1.807, 2.05) is 0 Å². The van der Waals surface area contributed by atoms with Crippen LogP contribution in [-0.2, 0) is 4.74 Å². The number of benzene rings is 1. The molecule has 1 aromatic rings. The van der Waals surface area contributed by atoms with Crippen molar-refractivity contribution >= 4 is 5.91 Å². The molecule has 0 spiro atoms. The first-order valence-electron chi connectivity index (χ1n) is 8.37. The van der Waals surface area contributed by atoms with E-state index in [-0.39, 0.29) is 11.3 Å². The summed E-state index contributed by atoms with van der Waals surface area (Å²) in [6.45, 7) is 3.04. The van der Waals surface area contributed by atoms with Crippen molar-refractivity contribution in [2.24, 2.45) is 5.41 Å². The van der Waals surface area contributed by atoms with Crippen molar-refractivity contribution in [3.05, 3.63) is 17.7 Å². The lowest BCUT2D eigenvalue weighted by molar-refractivity contribution is 0.0511. The highest BCUT2D eigenvalue weighted by atomic mass is 16.5. The second-order valence-electron chi connectivity index (χ2n) is 6.25. The van der Waals surface area contributed by atoms with E-state index in [1.165, 1.54) is 14.2 Å². The molecule has 140 valence electrons. The predicted octanol–water partition coefficient (Wildman–Crippen LogP) is 1.46. The average molecular weight is 352 g/mol. The Morgan fingerprint density at radius 2 is 1.76 bits per heavy atom. The van der Waals surface area contributed by atoms with Crippen LogP contribution in [0.25, 0.3) is 0 Å². The van der Waals surface area contributed by atoms with Gasteiger partial charge in [0.15, 0.2) is 11.5 Å². The van der Waals surface area contributed by atoms with Crippen LogP contribution in [0.4, 0.5) is 0 Å². The van der Waals surface area contributed by atoms with Gasteiger partial charge in [0.2, 0.25) is 5.75 Å². The van der Waals surface area contributed by atoms with E-state index in [9.17, 15) is 4.79 Å². The molecule has 1 saturated heterocycles. The van der Waals surface area contributed by atoms with Crippen molar-refractivity contribution in [1.29, 1.82) is 0 Å². The largest absolute Gasteiger partial charge is 0.493 e. The molecule has 25 heavy (non-hydrogen) atoms. The van der Waals surface area contributed by atoms with Gasteiger partial charge in [-0.15, -0.1) is 0 Å². The SMILES string of the molecule is COCC1(CNC(=O)c2ccc(OC)c(OC)c2OC)CCNCC1. The maximum Gasteiger partial charge on any atom is 0.255 e. The van der Waals surface area contributed by atoms with E-state index >= 15 is 0 Å². The number of hydrogen-bond acceptors (Lipinski definition) is 6. The third kappa shape index (κ3) is 4.35. The van der Waals surface area contributed by atoms with Crippen molar-refractivity contribution < 1.29 is 23.7 Å². The Bertz CT molecular complexity index is 580. The molecule has 0 radical (unpaired) electrons. The van der Waals surface area contributed by atoms with Gasteiger partial charge in [-0.25, -0.2) is 0 Å². The third-order valence-corrected chi connectivity index (χ3v) is 4.69. The van der Waals surface area contributed by atoms with Gasteiger partial charge < -0.3 is 29.6 Å². The Morgan fingerprint density at radius 1 is 1.08 bits per heavy atom. The number of ether oxygens (including phenoxy) is 4. The normalized spacial score (nSPS) is 16.2. The van der Waals surface area contributed by atoms with E-state index in [0.29, 0.717) is 36.0 Å². The maximum atomic E-state index is 12.7. The van der Waals surface area contributed by atoms with Crippen LogP contribution in [0, 0.1) is 5.41 Å². The number of carbonyl (C=O) groups is 1. The fraction of sp³-hybridized carbons (Fsp3) is 0.611. The van der Waals surface area contributed by atoms with Gasteiger partial charge in [-0.05, 0) is 38.1 Å². The molecular formula is C18H28N2O5. The lowest BCUT2D eigenvalue weighted by atomic mass is 9.79. The van der Waals surface area contributed by atoms with Crippen molar-refractivity contribution in [3.8, 4) is 17.2 Å². The van der Waals surface area contributed by atoms with Gasteiger partial charge in [0.25, 0.3) is 5.91 Å². The summed E-state index contributed by atoms with van der Waals surface area (Å²) in [7, 11) is 6.27. The van der Waals surface area contributed by atoms with Gasteiger partial charge in [-0.1, -0.05) is 0 Å². The van der Waals surface area contributed by atoms with Gasteiger partial charge in [0.1, 0.15) is 0 Å². The lowest BCUT2D eigenvalue weighted by Gasteiger charge is -2.37. The molecule has 1 aromatic carbocycles. The van der Waals surface area contributed by atoms with Gasteiger partial charge in [0.05, 0.1) is 33.5 Å². The van der Waals surface area contributed by atoms with Crippen molar-refractivity contribution in [1.82, 2.24) is 10.6 Å². The second kappa shape index (κ2) is 8.92. The highest BCUT2D eigenvalue weighted by molar-refractivity contribution is 5.98. The molecule has 0 atom stereocenters. The minimum atomic E-state index is -0.202. The Labute approximate surface area is 149 Å². The quantitative estimate of drug-likeness (QED) is 0.738. The molecule has 0 aliphatic carbocycles. The molecule has 1 heterocycles. The Hall–Kier alpha value is -1.99. The fourth-order valence-electron chi connectivity index (χ4n) is 3.28. The van der Waals surface area contributed by atoms with E-state index < -0.39 is 0 Å². The topological polar surface area (TPSA) is 78.1 Å². The zero-order valence-electron chi connectivity index (χ0n) is 15.4. The summed E-state index contributed by atoms with van der Waals surface area (Å²) in [6.07, 6.45) is 1.92. The number of methoxy groups -OCH3 is 4. The van der Waals surface area contributed by atoms with Crippen LogP contribution >= 0.6 is 0 Å². The molecule has 1 amide bonds. The first-order chi connectivity index (χ1) is 12.1. The van der Waals surface area contributed by atoms with Crippen molar-refractivity contribution in [2.45, 2.75) is 12.8 Å². The van der Waals surface area contributed by atoms with Gasteiger partial charge in [-0.2, -0.15) is 0 Å². The fourth-order valence-corrected chi connectivity index (χ4v) is 3.28. The molecular weight excluding hydrogens is 324 g/mol. The lowest BCUT2D eigenvalue weighted by Crippen LogP contribution is -2.47. The zero-order valence-corrected chi connectivity index (χ0v) is 15.4. The predicted molar refractivity (Wildman–Crippen MR) is 94.8 cm³/mol. The van der Waals surface area contributed by atoms with E-state index in [0.717, 1.165) is 25.9 Å². The first-order valence-corrected chi connectivity index (χ1v) is 8.37. The summed E-state index contributed by atoms with van der Waals surface area (Å²) < 4.78 is 21.4. The van der Waals surface area contributed by atoms with E-state index in [1.54, 1.807) is 26.4 Å². The maximum absolute atomic E-state index is 12.7. The van der Waals surface area contributed by atoms with Crippen LogP contribution in [0.5, 0.6) is 17.2 Å².